The predicted molar refractivity (Wildman–Crippen MR) is 102 cm³/mol. The molecule has 0 aliphatic carbocycles. The van der Waals surface area contributed by atoms with E-state index in [1.807, 2.05) is 47.9 Å². The topological polar surface area (TPSA) is 88.3 Å². The molecule has 4 aromatic rings. The number of fused-ring (bicyclic) bond motifs is 1. The Kier molecular flexibility index (Phi) is 4.67. The zero-order chi connectivity index (χ0) is 18.6. The quantitative estimate of drug-likeness (QED) is 0.310. The van der Waals surface area contributed by atoms with E-state index >= 15 is 0 Å². The fourth-order valence-electron chi connectivity index (χ4n) is 2.99. The number of nitrogens with zero attached hydrogens (tertiary/aromatic N) is 4. The summed E-state index contributed by atoms with van der Waals surface area (Å²) in [5, 5.41) is 11.8. The van der Waals surface area contributed by atoms with E-state index in [1.54, 1.807) is 18.7 Å². The molecule has 7 nitrogen and oxygen atoms in total. The van der Waals surface area contributed by atoms with Crippen LogP contribution in [0.5, 0.6) is 0 Å². The highest BCUT2D eigenvalue weighted by atomic mass is 16.5. The zero-order valence-corrected chi connectivity index (χ0v) is 14.8. The predicted octanol–water partition coefficient (Wildman–Crippen LogP) is 3.83. The van der Waals surface area contributed by atoms with Gasteiger partial charge in [-0.15, -0.1) is 0 Å². The molecule has 0 aliphatic heterocycles. The number of oxime groups is 1. The molecular formula is C20H19N5O2. The number of rotatable bonds is 6. The summed E-state index contributed by atoms with van der Waals surface area (Å²) in [5.41, 5.74) is 4.69. The third-order valence-electron chi connectivity index (χ3n) is 4.42. The lowest BCUT2D eigenvalue weighted by Gasteiger charge is -2.14. The molecule has 0 amide bonds. The van der Waals surface area contributed by atoms with Gasteiger partial charge < -0.3 is 14.9 Å². The minimum atomic E-state index is -0.0720. The van der Waals surface area contributed by atoms with Crippen molar-refractivity contribution in [1.82, 2.24) is 19.5 Å². The highest BCUT2D eigenvalue weighted by Crippen LogP contribution is 2.24. The summed E-state index contributed by atoms with van der Waals surface area (Å²) in [6.45, 7) is 2.45. The smallest absolute Gasteiger partial charge is 0.132 e. The zero-order valence-electron chi connectivity index (χ0n) is 14.8. The molecule has 2 heterocycles. The number of imidazole rings is 2. The molecule has 0 aliphatic rings. The molecule has 0 spiro atoms. The number of benzene rings is 2. The van der Waals surface area contributed by atoms with Crippen molar-refractivity contribution < 1.29 is 9.94 Å². The normalized spacial score (nSPS) is 12.8. The summed E-state index contributed by atoms with van der Waals surface area (Å²) in [4.78, 5) is 11.7. The summed E-state index contributed by atoms with van der Waals surface area (Å²) in [7, 11) is 0. The van der Waals surface area contributed by atoms with Crippen molar-refractivity contribution in [3.8, 4) is 5.69 Å². The summed E-state index contributed by atoms with van der Waals surface area (Å²) in [5.74, 6) is 0.806. The minimum absolute atomic E-state index is 0.0720. The van der Waals surface area contributed by atoms with Gasteiger partial charge in [0.05, 0.1) is 23.4 Å². The first kappa shape index (κ1) is 17.0. The van der Waals surface area contributed by atoms with Crippen molar-refractivity contribution in [2.75, 3.05) is 0 Å². The lowest BCUT2D eigenvalue weighted by atomic mass is 10.1. The van der Waals surface area contributed by atoms with E-state index < -0.39 is 0 Å². The summed E-state index contributed by atoms with van der Waals surface area (Å²) in [6, 6.07) is 13.9. The van der Waals surface area contributed by atoms with Gasteiger partial charge in [-0.1, -0.05) is 23.4 Å². The van der Waals surface area contributed by atoms with E-state index in [1.165, 1.54) is 6.21 Å². The molecule has 0 saturated heterocycles. The van der Waals surface area contributed by atoms with Gasteiger partial charge in [0, 0.05) is 18.1 Å². The van der Waals surface area contributed by atoms with Gasteiger partial charge in [-0.25, -0.2) is 9.97 Å². The van der Waals surface area contributed by atoms with Crippen LogP contribution in [0.3, 0.4) is 0 Å². The second-order valence-electron chi connectivity index (χ2n) is 6.19. The first-order chi connectivity index (χ1) is 13.2. The van der Waals surface area contributed by atoms with Crippen LogP contribution in [0.15, 0.2) is 66.3 Å². The van der Waals surface area contributed by atoms with Gasteiger partial charge in [0.1, 0.15) is 18.8 Å². The SMILES string of the molecule is CC(OCc1ncc[nH]1)c1cccc(-n2cnc3cc(C=NO)ccc32)c1. The molecule has 2 aromatic heterocycles. The fourth-order valence-corrected chi connectivity index (χ4v) is 2.99. The van der Waals surface area contributed by atoms with Gasteiger partial charge in [-0.05, 0) is 42.3 Å². The Morgan fingerprint density at radius 2 is 2.19 bits per heavy atom. The van der Waals surface area contributed by atoms with Crippen LogP contribution in [-0.2, 0) is 11.3 Å². The summed E-state index contributed by atoms with van der Waals surface area (Å²) >= 11 is 0. The Hall–Kier alpha value is -3.45. The van der Waals surface area contributed by atoms with Crippen molar-refractivity contribution in [2.45, 2.75) is 19.6 Å². The maximum absolute atomic E-state index is 8.69. The molecule has 0 saturated carbocycles. The molecule has 0 fully saturated rings. The number of nitrogens with one attached hydrogen (secondary N) is 1. The largest absolute Gasteiger partial charge is 0.411 e. The van der Waals surface area contributed by atoms with E-state index in [-0.39, 0.29) is 6.10 Å². The Morgan fingerprint density at radius 1 is 1.26 bits per heavy atom. The average Bonchev–Trinajstić information content (AvgIpc) is 3.36. The van der Waals surface area contributed by atoms with Crippen LogP contribution in [0.1, 0.15) is 30.0 Å². The van der Waals surface area contributed by atoms with E-state index in [0.717, 1.165) is 33.7 Å². The van der Waals surface area contributed by atoms with Crippen LogP contribution in [0.4, 0.5) is 0 Å². The van der Waals surface area contributed by atoms with Gasteiger partial charge in [0.25, 0.3) is 0 Å². The number of aromatic amines is 1. The molecule has 7 heteroatoms. The van der Waals surface area contributed by atoms with E-state index in [0.29, 0.717) is 6.61 Å². The van der Waals surface area contributed by atoms with Gasteiger partial charge in [-0.2, -0.15) is 0 Å². The summed E-state index contributed by atoms with van der Waals surface area (Å²) < 4.78 is 7.94. The number of ether oxygens (including phenoxy) is 1. The third kappa shape index (κ3) is 3.58. The first-order valence-electron chi connectivity index (χ1n) is 8.59. The van der Waals surface area contributed by atoms with Gasteiger partial charge in [0.2, 0.25) is 0 Å². The second kappa shape index (κ2) is 7.43. The van der Waals surface area contributed by atoms with Crippen LogP contribution < -0.4 is 0 Å². The summed E-state index contributed by atoms with van der Waals surface area (Å²) in [6.07, 6.45) is 6.60. The van der Waals surface area contributed by atoms with Gasteiger partial charge in [-0.3, -0.25) is 4.57 Å². The second-order valence-corrected chi connectivity index (χ2v) is 6.19. The molecule has 4 rings (SSSR count). The maximum atomic E-state index is 8.69. The first-order valence-corrected chi connectivity index (χ1v) is 8.59. The maximum Gasteiger partial charge on any atom is 0.132 e. The van der Waals surface area contributed by atoms with Crippen molar-refractivity contribution in [1.29, 1.82) is 0 Å². The molecular weight excluding hydrogens is 342 g/mol. The monoisotopic (exact) mass is 361 g/mol. The fraction of sp³-hybridized carbons (Fsp3) is 0.150. The molecule has 136 valence electrons. The number of hydrogen-bond donors (Lipinski definition) is 2. The van der Waals surface area contributed by atoms with Crippen molar-refractivity contribution in [2.24, 2.45) is 5.16 Å². The average molecular weight is 361 g/mol. The number of aromatic nitrogens is 4. The van der Waals surface area contributed by atoms with Crippen molar-refractivity contribution >= 4 is 17.2 Å². The molecule has 1 atom stereocenters. The van der Waals surface area contributed by atoms with E-state index in [4.69, 9.17) is 9.94 Å². The van der Waals surface area contributed by atoms with Gasteiger partial charge in [0.15, 0.2) is 0 Å². The van der Waals surface area contributed by atoms with Crippen LogP contribution in [0.25, 0.3) is 16.7 Å². The van der Waals surface area contributed by atoms with Crippen LogP contribution in [0.2, 0.25) is 0 Å². The Balaban J connectivity index is 1.59. The minimum Gasteiger partial charge on any atom is -0.411 e. The molecule has 2 N–H and O–H groups in total. The van der Waals surface area contributed by atoms with Crippen molar-refractivity contribution in [3.05, 3.63) is 78.1 Å². The molecule has 2 aromatic carbocycles. The number of hydrogen-bond acceptors (Lipinski definition) is 5. The molecule has 27 heavy (non-hydrogen) atoms. The van der Waals surface area contributed by atoms with Crippen LogP contribution in [0, 0.1) is 0 Å². The van der Waals surface area contributed by atoms with Crippen LogP contribution in [-0.4, -0.2) is 30.9 Å². The molecule has 1 unspecified atom stereocenters. The number of H-pyrrole nitrogens is 1. The Morgan fingerprint density at radius 3 is 3.00 bits per heavy atom. The van der Waals surface area contributed by atoms with E-state index in [2.05, 4.69) is 26.2 Å². The molecule has 0 radical (unpaired) electrons. The highest BCUT2D eigenvalue weighted by Gasteiger charge is 2.10. The third-order valence-corrected chi connectivity index (χ3v) is 4.42. The van der Waals surface area contributed by atoms with Crippen LogP contribution >= 0.6 is 0 Å². The van der Waals surface area contributed by atoms with Gasteiger partial charge >= 0.3 is 0 Å². The lowest BCUT2D eigenvalue weighted by molar-refractivity contribution is 0.0487. The molecule has 0 bridgehead atoms. The lowest BCUT2D eigenvalue weighted by Crippen LogP contribution is -2.03. The van der Waals surface area contributed by atoms with E-state index in [9.17, 15) is 0 Å². The highest BCUT2D eigenvalue weighted by molar-refractivity contribution is 5.87. The Labute approximate surface area is 156 Å². The Bertz CT molecular complexity index is 1070. The standard InChI is InChI=1S/C20H19N5O2/c1-14(27-12-20-21-7-8-22-20)16-3-2-4-17(10-16)25-13-23-18-9-15(11-24-26)5-6-19(18)25/h2-11,13-14,26H,12H2,1H3,(H,21,22). The van der Waals surface area contributed by atoms with Crippen molar-refractivity contribution in [3.63, 3.8) is 0 Å².